The molecule has 1 heterocycles. The maximum Gasteiger partial charge on any atom is 0.234 e. The summed E-state index contributed by atoms with van der Waals surface area (Å²) in [7, 11) is 1.55. The van der Waals surface area contributed by atoms with E-state index in [0.29, 0.717) is 22.0 Å². The van der Waals surface area contributed by atoms with Gasteiger partial charge in [0, 0.05) is 5.69 Å². The first-order valence-electron chi connectivity index (χ1n) is 6.57. The Bertz CT molecular complexity index is 726. The van der Waals surface area contributed by atoms with E-state index >= 15 is 0 Å². The molecule has 0 aliphatic rings. The number of aryl methyl sites for hydroxylation is 1. The highest BCUT2D eigenvalue weighted by Crippen LogP contribution is 2.24. The predicted molar refractivity (Wildman–Crippen MR) is 86.0 cm³/mol. The second kappa shape index (κ2) is 7.48. The Morgan fingerprint density at radius 1 is 1.36 bits per heavy atom. The first-order chi connectivity index (χ1) is 10.6. The molecule has 0 atom stereocenters. The van der Waals surface area contributed by atoms with E-state index in [2.05, 4.69) is 16.4 Å². The lowest BCUT2D eigenvalue weighted by Crippen LogP contribution is -2.15. The monoisotopic (exact) mass is 313 g/mol. The molecule has 5 nitrogen and oxygen atoms in total. The van der Waals surface area contributed by atoms with Crippen molar-refractivity contribution in [1.82, 2.24) is 4.98 Å². The number of hydrogen-bond donors (Lipinski definition) is 1. The number of nitriles is 1. The summed E-state index contributed by atoms with van der Waals surface area (Å²) in [6.07, 6.45) is 0. The van der Waals surface area contributed by atoms with Crippen molar-refractivity contribution in [2.45, 2.75) is 11.9 Å². The van der Waals surface area contributed by atoms with Crippen LogP contribution in [0.1, 0.15) is 11.3 Å². The number of benzene rings is 1. The molecule has 2 aromatic rings. The van der Waals surface area contributed by atoms with E-state index < -0.39 is 0 Å². The Morgan fingerprint density at radius 3 is 2.86 bits per heavy atom. The fourth-order valence-corrected chi connectivity index (χ4v) is 2.61. The van der Waals surface area contributed by atoms with Gasteiger partial charge in [-0.25, -0.2) is 4.98 Å². The third kappa shape index (κ3) is 3.99. The molecule has 0 saturated carbocycles. The average Bonchev–Trinajstić information content (AvgIpc) is 2.53. The summed E-state index contributed by atoms with van der Waals surface area (Å²) in [4.78, 5) is 16.3. The molecular weight excluding hydrogens is 298 g/mol. The van der Waals surface area contributed by atoms with Crippen molar-refractivity contribution >= 4 is 23.4 Å². The van der Waals surface area contributed by atoms with Crippen molar-refractivity contribution in [3.63, 3.8) is 0 Å². The summed E-state index contributed by atoms with van der Waals surface area (Å²) in [6.45, 7) is 1.85. The third-order valence-corrected chi connectivity index (χ3v) is 3.83. The zero-order valence-electron chi connectivity index (χ0n) is 12.3. The van der Waals surface area contributed by atoms with Gasteiger partial charge in [0.05, 0.1) is 24.1 Å². The summed E-state index contributed by atoms with van der Waals surface area (Å²) in [5.41, 5.74) is 1.90. The number of nitrogens with one attached hydrogen (secondary N) is 1. The molecule has 1 N–H and O–H groups in total. The maximum atomic E-state index is 12.0. The van der Waals surface area contributed by atoms with Crippen LogP contribution in [0.5, 0.6) is 5.75 Å². The lowest BCUT2D eigenvalue weighted by molar-refractivity contribution is -0.113. The van der Waals surface area contributed by atoms with Crippen LogP contribution < -0.4 is 10.1 Å². The van der Waals surface area contributed by atoms with E-state index in [-0.39, 0.29) is 11.7 Å². The Morgan fingerprint density at radius 2 is 2.14 bits per heavy atom. The molecule has 0 bridgehead atoms. The molecular formula is C16H15N3O2S. The molecule has 6 heteroatoms. The van der Waals surface area contributed by atoms with Crippen LogP contribution in [0.2, 0.25) is 0 Å². The van der Waals surface area contributed by atoms with Gasteiger partial charge in [0.2, 0.25) is 5.91 Å². The van der Waals surface area contributed by atoms with Gasteiger partial charge in [0.25, 0.3) is 0 Å². The van der Waals surface area contributed by atoms with Gasteiger partial charge in [-0.2, -0.15) is 5.26 Å². The van der Waals surface area contributed by atoms with Gasteiger partial charge in [-0.3, -0.25) is 4.79 Å². The first kappa shape index (κ1) is 15.9. The summed E-state index contributed by atoms with van der Waals surface area (Å²) in [6, 6.07) is 12.8. The van der Waals surface area contributed by atoms with Crippen LogP contribution in [0.4, 0.5) is 5.69 Å². The van der Waals surface area contributed by atoms with Gasteiger partial charge in [-0.1, -0.05) is 23.9 Å². The molecule has 22 heavy (non-hydrogen) atoms. The summed E-state index contributed by atoms with van der Waals surface area (Å²) >= 11 is 1.24. The average molecular weight is 313 g/mol. The first-order valence-corrected chi connectivity index (χ1v) is 7.56. The van der Waals surface area contributed by atoms with Gasteiger partial charge in [0.15, 0.2) is 0 Å². The number of carbonyl (C=O) groups is 1. The summed E-state index contributed by atoms with van der Waals surface area (Å²) in [5.74, 6) is 0.595. The van der Waals surface area contributed by atoms with Gasteiger partial charge < -0.3 is 10.1 Å². The molecule has 1 aromatic carbocycles. The minimum absolute atomic E-state index is 0.170. The van der Waals surface area contributed by atoms with Gasteiger partial charge >= 0.3 is 0 Å². The number of hydrogen-bond acceptors (Lipinski definition) is 5. The predicted octanol–water partition coefficient (Wildman–Crippen LogP) is 3.00. The van der Waals surface area contributed by atoms with E-state index in [1.54, 1.807) is 31.4 Å². The molecule has 0 saturated heterocycles. The molecule has 2 rings (SSSR count). The van der Waals surface area contributed by atoms with Crippen molar-refractivity contribution in [3.8, 4) is 11.8 Å². The quantitative estimate of drug-likeness (QED) is 0.859. The number of carbonyl (C=O) groups excluding carboxylic acids is 1. The molecule has 0 aliphatic heterocycles. The second-order valence-corrected chi connectivity index (χ2v) is 5.42. The Kier molecular flexibility index (Phi) is 5.39. The number of ether oxygens (including phenoxy) is 1. The fraction of sp³-hybridized carbons (Fsp3) is 0.188. The van der Waals surface area contributed by atoms with E-state index in [1.165, 1.54) is 11.8 Å². The number of nitrogens with zero attached hydrogens (tertiary/aromatic N) is 2. The van der Waals surface area contributed by atoms with Crippen LogP contribution >= 0.6 is 11.8 Å². The number of anilines is 1. The van der Waals surface area contributed by atoms with Crippen LogP contribution in [0.25, 0.3) is 0 Å². The van der Waals surface area contributed by atoms with Gasteiger partial charge in [0.1, 0.15) is 16.8 Å². The molecule has 112 valence electrons. The molecule has 0 aliphatic carbocycles. The van der Waals surface area contributed by atoms with Crippen LogP contribution in [-0.4, -0.2) is 23.8 Å². The number of amides is 1. The number of pyridine rings is 1. The standard InChI is InChI=1S/C16H15N3O2S/c1-11-7-8-12(9-17)16(18-11)22-10-15(20)19-13-5-3-4-6-14(13)21-2/h3-8H,10H2,1-2H3,(H,19,20). The molecule has 1 amide bonds. The molecule has 0 radical (unpaired) electrons. The second-order valence-electron chi connectivity index (χ2n) is 4.45. The SMILES string of the molecule is COc1ccccc1NC(=O)CSc1nc(C)ccc1C#N. The topological polar surface area (TPSA) is 75.0 Å². The molecule has 0 unspecified atom stereocenters. The normalized spacial score (nSPS) is 9.86. The lowest BCUT2D eigenvalue weighted by atomic mass is 10.3. The largest absolute Gasteiger partial charge is 0.495 e. The number of aromatic nitrogens is 1. The Hall–Kier alpha value is -2.52. The van der Waals surface area contributed by atoms with Crippen LogP contribution in [0.3, 0.4) is 0 Å². The minimum Gasteiger partial charge on any atom is -0.495 e. The highest BCUT2D eigenvalue weighted by Gasteiger charge is 2.10. The molecule has 0 fully saturated rings. The third-order valence-electron chi connectivity index (χ3n) is 2.84. The Labute approximate surface area is 133 Å². The highest BCUT2D eigenvalue weighted by atomic mass is 32.2. The van der Waals surface area contributed by atoms with Crippen molar-refractivity contribution in [2.24, 2.45) is 0 Å². The van der Waals surface area contributed by atoms with Crippen LogP contribution in [-0.2, 0) is 4.79 Å². The number of para-hydroxylation sites is 2. The van der Waals surface area contributed by atoms with Gasteiger partial charge in [-0.05, 0) is 31.2 Å². The summed E-state index contributed by atoms with van der Waals surface area (Å²) < 4.78 is 5.18. The van der Waals surface area contributed by atoms with Crippen LogP contribution in [0, 0.1) is 18.3 Å². The van der Waals surface area contributed by atoms with Crippen molar-refractivity contribution in [3.05, 3.63) is 47.7 Å². The highest BCUT2D eigenvalue weighted by molar-refractivity contribution is 8.00. The zero-order chi connectivity index (χ0) is 15.9. The van der Waals surface area contributed by atoms with E-state index in [9.17, 15) is 4.79 Å². The zero-order valence-corrected chi connectivity index (χ0v) is 13.1. The Balaban J connectivity index is 2.02. The smallest absolute Gasteiger partial charge is 0.234 e. The molecule has 1 aromatic heterocycles. The van der Waals surface area contributed by atoms with E-state index in [0.717, 1.165) is 5.69 Å². The number of rotatable bonds is 5. The fourth-order valence-electron chi connectivity index (χ4n) is 1.80. The van der Waals surface area contributed by atoms with Crippen molar-refractivity contribution in [2.75, 3.05) is 18.2 Å². The maximum absolute atomic E-state index is 12.0. The summed E-state index contributed by atoms with van der Waals surface area (Å²) in [5, 5.41) is 12.4. The van der Waals surface area contributed by atoms with Gasteiger partial charge in [-0.15, -0.1) is 0 Å². The number of methoxy groups -OCH3 is 1. The lowest BCUT2D eigenvalue weighted by Gasteiger charge is -2.09. The van der Waals surface area contributed by atoms with Crippen LogP contribution in [0.15, 0.2) is 41.4 Å². The van der Waals surface area contributed by atoms with E-state index in [4.69, 9.17) is 10.00 Å². The minimum atomic E-state index is -0.179. The van der Waals surface area contributed by atoms with Crippen molar-refractivity contribution < 1.29 is 9.53 Å². The van der Waals surface area contributed by atoms with Crippen molar-refractivity contribution in [1.29, 1.82) is 5.26 Å². The molecule has 0 spiro atoms. The van der Waals surface area contributed by atoms with E-state index in [1.807, 2.05) is 19.1 Å². The number of thioether (sulfide) groups is 1.